The highest BCUT2D eigenvalue weighted by atomic mass is 14.7. The van der Waals surface area contributed by atoms with Gasteiger partial charge in [-0.3, -0.25) is 4.98 Å². The number of pyridine rings is 1. The number of rotatable bonds is 2. The molecule has 0 unspecified atom stereocenters. The van der Waals surface area contributed by atoms with E-state index in [4.69, 9.17) is 4.11 Å². The first-order chi connectivity index (χ1) is 10.6. The lowest BCUT2D eigenvalue weighted by molar-refractivity contribution is 1.31. The van der Waals surface area contributed by atoms with Crippen molar-refractivity contribution in [1.82, 2.24) is 4.98 Å². The van der Waals surface area contributed by atoms with E-state index in [2.05, 4.69) is 4.98 Å². The predicted molar refractivity (Wildman–Crippen MR) is 79.8 cm³/mol. The van der Waals surface area contributed by atoms with Crippen LogP contribution in [0.4, 0.5) is 0 Å². The zero-order valence-electron chi connectivity index (χ0n) is 13.4. The van der Waals surface area contributed by atoms with E-state index in [1.807, 2.05) is 54.6 Å². The number of nitrogens with zero attached hydrogens (tertiary/aromatic N) is 1. The highest BCUT2D eigenvalue weighted by Crippen LogP contribution is 2.31. The van der Waals surface area contributed by atoms with Crippen LogP contribution < -0.4 is 0 Å². The van der Waals surface area contributed by atoms with Crippen LogP contribution in [-0.4, -0.2) is 4.98 Å². The Hall–Kier alpha value is -2.41. The monoisotopic (exact) mass is 248 g/mol. The molecule has 1 heterocycles. The van der Waals surface area contributed by atoms with E-state index >= 15 is 0 Å². The molecular formula is C18H15N. The van der Waals surface area contributed by atoms with E-state index in [-0.39, 0.29) is 0 Å². The summed E-state index contributed by atoms with van der Waals surface area (Å²) in [5.41, 5.74) is 3.62. The van der Waals surface area contributed by atoms with Gasteiger partial charge in [-0.05, 0) is 24.0 Å². The SMILES string of the molecule is [2H]C([2H])([2H])c1ccccc1-c1ncccc1-c1ccccc1. The van der Waals surface area contributed by atoms with Crippen LogP contribution >= 0.6 is 0 Å². The van der Waals surface area contributed by atoms with Crippen LogP contribution in [0.2, 0.25) is 0 Å². The first-order valence-corrected chi connectivity index (χ1v) is 6.18. The smallest absolute Gasteiger partial charge is 0.0782 e. The van der Waals surface area contributed by atoms with Gasteiger partial charge in [0.25, 0.3) is 0 Å². The van der Waals surface area contributed by atoms with Crippen molar-refractivity contribution in [1.29, 1.82) is 0 Å². The van der Waals surface area contributed by atoms with Crippen LogP contribution in [0.25, 0.3) is 22.4 Å². The molecule has 0 N–H and O–H groups in total. The van der Waals surface area contributed by atoms with Gasteiger partial charge in [-0.25, -0.2) is 0 Å². The summed E-state index contributed by atoms with van der Waals surface area (Å²) in [5, 5.41) is 0. The van der Waals surface area contributed by atoms with Gasteiger partial charge >= 0.3 is 0 Å². The molecule has 0 fully saturated rings. The predicted octanol–water partition coefficient (Wildman–Crippen LogP) is 4.72. The average molecular weight is 248 g/mol. The lowest BCUT2D eigenvalue weighted by atomic mass is 9.97. The van der Waals surface area contributed by atoms with Gasteiger partial charge in [-0.15, -0.1) is 0 Å². The van der Waals surface area contributed by atoms with Gasteiger partial charge in [-0.2, -0.15) is 0 Å². The molecule has 0 amide bonds. The van der Waals surface area contributed by atoms with Gasteiger partial charge in [0.15, 0.2) is 0 Å². The molecule has 1 heteroatoms. The molecule has 0 aliphatic rings. The van der Waals surface area contributed by atoms with Crippen LogP contribution in [0.5, 0.6) is 0 Å². The quantitative estimate of drug-likeness (QED) is 0.639. The summed E-state index contributed by atoms with van der Waals surface area (Å²) in [5.74, 6) is 0. The highest BCUT2D eigenvalue weighted by molar-refractivity contribution is 5.81. The van der Waals surface area contributed by atoms with Crippen molar-refractivity contribution in [3.63, 3.8) is 0 Å². The molecule has 1 nitrogen and oxygen atoms in total. The van der Waals surface area contributed by atoms with E-state index < -0.39 is 6.85 Å². The molecule has 0 atom stereocenters. The Kier molecular flexibility index (Phi) is 2.31. The standard InChI is InChI=1S/C18H15N/c1-14-8-5-6-11-16(14)18-17(12-7-13-19-18)15-9-3-2-4-10-15/h2-13H,1H3/i1D3. The first-order valence-electron chi connectivity index (χ1n) is 7.68. The van der Waals surface area contributed by atoms with Crippen molar-refractivity contribution >= 4 is 0 Å². The third kappa shape index (κ3) is 2.27. The maximum absolute atomic E-state index is 7.74. The summed E-state index contributed by atoms with van der Waals surface area (Å²) < 4.78 is 23.2. The molecule has 92 valence electrons. The normalized spacial score (nSPS) is 13.4. The Bertz CT molecular complexity index is 780. The summed E-state index contributed by atoms with van der Waals surface area (Å²) in [6.45, 7) is -2.16. The Morgan fingerprint density at radius 2 is 1.53 bits per heavy atom. The molecule has 0 aliphatic carbocycles. The first kappa shape index (κ1) is 8.65. The Morgan fingerprint density at radius 3 is 2.37 bits per heavy atom. The van der Waals surface area contributed by atoms with Crippen molar-refractivity contribution in [3.05, 3.63) is 78.5 Å². The van der Waals surface area contributed by atoms with E-state index in [1.165, 1.54) is 0 Å². The number of aromatic nitrogens is 1. The molecular weight excluding hydrogens is 230 g/mol. The van der Waals surface area contributed by atoms with Gasteiger partial charge in [0.1, 0.15) is 0 Å². The van der Waals surface area contributed by atoms with Gasteiger partial charge in [-0.1, -0.05) is 60.7 Å². The lowest BCUT2D eigenvalue weighted by Crippen LogP contribution is -1.90. The molecule has 1 aromatic heterocycles. The van der Waals surface area contributed by atoms with Gasteiger partial charge in [0.05, 0.1) is 5.69 Å². The maximum atomic E-state index is 7.74. The van der Waals surface area contributed by atoms with Crippen LogP contribution in [-0.2, 0) is 0 Å². The number of hydrogen-bond acceptors (Lipinski definition) is 1. The van der Waals surface area contributed by atoms with Gasteiger partial charge in [0, 0.05) is 21.4 Å². The van der Waals surface area contributed by atoms with Crippen LogP contribution in [0, 0.1) is 6.85 Å². The molecule has 3 rings (SSSR count). The molecule has 19 heavy (non-hydrogen) atoms. The summed E-state index contributed by atoms with van der Waals surface area (Å²) in [4.78, 5) is 4.45. The zero-order valence-corrected chi connectivity index (χ0v) is 10.4. The summed E-state index contributed by atoms with van der Waals surface area (Å²) >= 11 is 0. The third-order valence-corrected chi connectivity index (χ3v) is 3.07. The fourth-order valence-corrected chi connectivity index (χ4v) is 2.16. The van der Waals surface area contributed by atoms with Crippen molar-refractivity contribution < 1.29 is 4.11 Å². The molecule has 0 spiro atoms. The van der Waals surface area contributed by atoms with Crippen molar-refractivity contribution in [2.45, 2.75) is 6.85 Å². The molecule has 0 aliphatic heterocycles. The molecule has 3 aromatic rings. The number of aryl methyl sites for hydroxylation is 1. The Labute approximate surface area is 117 Å². The molecule has 0 saturated heterocycles. The average Bonchev–Trinajstić information content (AvgIpc) is 2.55. The fraction of sp³-hybridized carbons (Fsp3) is 0.0556. The summed E-state index contributed by atoms with van der Waals surface area (Å²) in [6.07, 6.45) is 1.69. The molecule has 2 aromatic carbocycles. The van der Waals surface area contributed by atoms with Gasteiger partial charge < -0.3 is 0 Å². The highest BCUT2D eigenvalue weighted by Gasteiger charge is 2.09. The van der Waals surface area contributed by atoms with Crippen LogP contribution in [0.15, 0.2) is 72.9 Å². The third-order valence-electron chi connectivity index (χ3n) is 3.07. The number of benzene rings is 2. The zero-order chi connectivity index (χ0) is 15.6. The van der Waals surface area contributed by atoms with E-state index in [0.717, 1.165) is 11.1 Å². The summed E-state index contributed by atoms with van der Waals surface area (Å²) in [6, 6.07) is 20.8. The maximum Gasteiger partial charge on any atom is 0.0782 e. The van der Waals surface area contributed by atoms with Gasteiger partial charge in [0.2, 0.25) is 0 Å². The lowest BCUT2D eigenvalue weighted by Gasteiger charge is -2.10. The van der Waals surface area contributed by atoms with Crippen LogP contribution in [0.3, 0.4) is 0 Å². The second kappa shape index (κ2) is 5.07. The minimum Gasteiger partial charge on any atom is -0.256 e. The van der Waals surface area contributed by atoms with E-state index in [9.17, 15) is 0 Å². The van der Waals surface area contributed by atoms with E-state index in [0.29, 0.717) is 16.8 Å². The Morgan fingerprint density at radius 1 is 0.789 bits per heavy atom. The fourth-order valence-electron chi connectivity index (χ4n) is 2.16. The van der Waals surface area contributed by atoms with Crippen molar-refractivity contribution in [3.8, 4) is 22.4 Å². The largest absolute Gasteiger partial charge is 0.256 e. The molecule has 0 radical (unpaired) electrons. The molecule has 0 saturated carbocycles. The minimum atomic E-state index is -2.16. The van der Waals surface area contributed by atoms with Crippen LogP contribution in [0.1, 0.15) is 9.68 Å². The minimum absolute atomic E-state index is 0.325. The Balaban J connectivity index is 2.24. The summed E-state index contributed by atoms with van der Waals surface area (Å²) in [7, 11) is 0. The topological polar surface area (TPSA) is 12.9 Å². The second-order valence-electron chi connectivity index (χ2n) is 4.31. The second-order valence-corrected chi connectivity index (χ2v) is 4.31. The number of hydrogen-bond donors (Lipinski definition) is 0. The van der Waals surface area contributed by atoms with Crippen molar-refractivity contribution in [2.75, 3.05) is 0 Å². The van der Waals surface area contributed by atoms with E-state index in [1.54, 1.807) is 18.3 Å². The van der Waals surface area contributed by atoms with Crippen molar-refractivity contribution in [2.24, 2.45) is 0 Å². The molecule has 0 bridgehead atoms.